The molecule has 0 saturated carbocycles. The van der Waals surface area contributed by atoms with E-state index in [2.05, 4.69) is 27.3 Å². The van der Waals surface area contributed by atoms with Gasteiger partial charge in [-0.15, -0.1) is 11.6 Å². The maximum absolute atomic E-state index is 11.0. The molecule has 0 aromatic heterocycles. The third-order valence-electron chi connectivity index (χ3n) is 1.76. The largest absolute Gasteiger partial charge is 0.468 e. The second-order valence-corrected chi connectivity index (χ2v) is 4.60. The first-order chi connectivity index (χ1) is 6.63. The van der Waals surface area contributed by atoms with Crippen LogP contribution in [0.1, 0.15) is 5.56 Å². The minimum atomic E-state index is -0.599. The molecule has 0 heterocycles. The molecule has 1 aromatic carbocycles. The zero-order valence-electron chi connectivity index (χ0n) is 7.67. The lowest BCUT2D eigenvalue weighted by Gasteiger charge is -2.07. The number of halogens is 2. The van der Waals surface area contributed by atoms with E-state index in [1.165, 1.54) is 7.11 Å². The molecule has 76 valence electrons. The Hall–Kier alpha value is -0.290. The first-order valence-corrected chi connectivity index (χ1v) is 5.61. The number of hydrogen-bond donors (Lipinski definition) is 0. The van der Waals surface area contributed by atoms with E-state index in [-0.39, 0.29) is 5.97 Å². The molecule has 1 atom stereocenters. The molecule has 0 fully saturated rings. The monoisotopic (exact) mass is 324 g/mol. The van der Waals surface area contributed by atoms with Crippen molar-refractivity contribution in [1.82, 2.24) is 0 Å². The van der Waals surface area contributed by atoms with Crippen LogP contribution < -0.4 is 0 Å². The fraction of sp³-hybridized carbons (Fsp3) is 0.300. The van der Waals surface area contributed by atoms with Gasteiger partial charge in [-0.25, -0.2) is 0 Å². The molecule has 1 aromatic rings. The van der Waals surface area contributed by atoms with Gasteiger partial charge < -0.3 is 4.74 Å². The van der Waals surface area contributed by atoms with Crippen LogP contribution in [-0.4, -0.2) is 18.5 Å². The third-order valence-corrected chi connectivity index (χ3v) is 2.76. The summed E-state index contributed by atoms with van der Waals surface area (Å²) < 4.78 is 5.67. The van der Waals surface area contributed by atoms with Crippen molar-refractivity contribution in [3.63, 3.8) is 0 Å². The Balaban J connectivity index is 2.64. The van der Waals surface area contributed by atoms with E-state index in [1.807, 2.05) is 24.3 Å². The summed E-state index contributed by atoms with van der Waals surface area (Å²) >= 11 is 8.06. The van der Waals surface area contributed by atoms with Gasteiger partial charge in [-0.1, -0.05) is 12.1 Å². The van der Waals surface area contributed by atoms with Gasteiger partial charge in [0.25, 0.3) is 0 Å². The van der Waals surface area contributed by atoms with Crippen LogP contribution in [-0.2, 0) is 16.0 Å². The minimum absolute atomic E-state index is 0.384. The number of methoxy groups -OCH3 is 1. The Morgan fingerprint density at radius 2 is 2.36 bits per heavy atom. The summed E-state index contributed by atoms with van der Waals surface area (Å²) in [6.45, 7) is 0. The Labute approximate surface area is 102 Å². The second-order valence-electron chi connectivity index (χ2n) is 2.82. The predicted octanol–water partition coefficient (Wildman–Crippen LogP) is 2.61. The van der Waals surface area contributed by atoms with Crippen molar-refractivity contribution in [2.24, 2.45) is 0 Å². The van der Waals surface area contributed by atoms with Crippen molar-refractivity contribution in [3.8, 4) is 0 Å². The van der Waals surface area contributed by atoms with Crippen molar-refractivity contribution in [1.29, 1.82) is 0 Å². The highest BCUT2D eigenvalue weighted by Crippen LogP contribution is 2.12. The van der Waals surface area contributed by atoms with Gasteiger partial charge in [0.05, 0.1) is 7.11 Å². The van der Waals surface area contributed by atoms with Crippen LogP contribution in [0.15, 0.2) is 24.3 Å². The number of esters is 1. The number of carbonyl (C=O) groups excluding carboxylic acids is 1. The number of carbonyl (C=O) groups is 1. The van der Waals surface area contributed by atoms with Crippen LogP contribution in [0.2, 0.25) is 0 Å². The van der Waals surface area contributed by atoms with E-state index in [1.54, 1.807) is 0 Å². The molecule has 0 aliphatic carbocycles. The van der Waals surface area contributed by atoms with Crippen molar-refractivity contribution >= 4 is 40.2 Å². The molecular weight excluding hydrogens is 314 g/mol. The predicted molar refractivity (Wildman–Crippen MR) is 64.5 cm³/mol. The number of benzene rings is 1. The Kier molecular flexibility index (Phi) is 4.68. The van der Waals surface area contributed by atoms with Crippen LogP contribution in [0.4, 0.5) is 0 Å². The number of hydrogen-bond acceptors (Lipinski definition) is 2. The number of rotatable bonds is 3. The van der Waals surface area contributed by atoms with Gasteiger partial charge in [0.15, 0.2) is 0 Å². The summed E-state index contributed by atoms with van der Waals surface area (Å²) in [5.41, 5.74) is 1.04. The van der Waals surface area contributed by atoms with Gasteiger partial charge in [-0.2, -0.15) is 0 Å². The Morgan fingerprint density at radius 1 is 1.64 bits per heavy atom. The first kappa shape index (κ1) is 11.8. The van der Waals surface area contributed by atoms with E-state index in [9.17, 15) is 4.79 Å². The standard InChI is InChI=1S/C10H10ClIO2/c1-14-10(13)9(11)6-7-3-2-4-8(12)5-7/h2-5,9H,6H2,1H3. The smallest absolute Gasteiger partial charge is 0.324 e. The van der Waals surface area contributed by atoms with Crippen molar-refractivity contribution < 1.29 is 9.53 Å². The zero-order valence-corrected chi connectivity index (χ0v) is 10.6. The fourth-order valence-electron chi connectivity index (χ4n) is 1.08. The molecule has 0 saturated heterocycles. The average Bonchev–Trinajstić information content (AvgIpc) is 2.16. The second kappa shape index (κ2) is 5.56. The molecule has 0 amide bonds. The van der Waals surface area contributed by atoms with Crippen LogP contribution in [0.3, 0.4) is 0 Å². The van der Waals surface area contributed by atoms with Gasteiger partial charge in [0.2, 0.25) is 0 Å². The summed E-state index contributed by atoms with van der Waals surface area (Å²) in [7, 11) is 1.34. The quantitative estimate of drug-likeness (QED) is 0.485. The van der Waals surface area contributed by atoms with E-state index in [0.29, 0.717) is 6.42 Å². The van der Waals surface area contributed by atoms with Gasteiger partial charge in [0.1, 0.15) is 5.38 Å². The van der Waals surface area contributed by atoms with Crippen molar-refractivity contribution in [2.45, 2.75) is 11.8 Å². The Bertz CT molecular complexity index is 328. The van der Waals surface area contributed by atoms with Crippen molar-refractivity contribution in [2.75, 3.05) is 7.11 Å². The zero-order chi connectivity index (χ0) is 10.6. The third kappa shape index (κ3) is 3.46. The molecule has 14 heavy (non-hydrogen) atoms. The highest BCUT2D eigenvalue weighted by atomic mass is 127. The van der Waals surface area contributed by atoms with Gasteiger partial charge in [-0.3, -0.25) is 4.79 Å². The van der Waals surface area contributed by atoms with E-state index < -0.39 is 5.38 Å². The molecular formula is C10H10ClIO2. The SMILES string of the molecule is COC(=O)C(Cl)Cc1cccc(I)c1. The number of alkyl halides is 1. The lowest BCUT2D eigenvalue weighted by Crippen LogP contribution is -2.18. The van der Waals surface area contributed by atoms with E-state index in [0.717, 1.165) is 9.13 Å². The van der Waals surface area contributed by atoms with E-state index in [4.69, 9.17) is 11.6 Å². The van der Waals surface area contributed by atoms with Crippen LogP contribution in [0.25, 0.3) is 0 Å². The molecule has 4 heteroatoms. The van der Waals surface area contributed by atoms with E-state index >= 15 is 0 Å². The summed E-state index contributed by atoms with van der Waals surface area (Å²) in [5.74, 6) is -0.384. The molecule has 0 aliphatic rings. The Morgan fingerprint density at radius 3 is 2.93 bits per heavy atom. The van der Waals surface area contributed by atoms with Gasteiger partial charge in [-0.05, 0) is 46.7 Å². The van der Waals surface area contributed by atoms with Crippen LogP contribution in [0, 0.1) is 3.57 Å². The van der Waals surface area contributed by atoms with Gasteiger partial charge >= 0.3 is 5.97 Å². The highest BCUT2D eigenvalue weighted by Gasteiger charge is 2.15. The molecule has 0 aliphatic heterocycles. The lowest BCUT2D eigenvalue weighted by molar-refractivity contribution is -0.140. The van der Waals surface area contributed by atoms with Crippen LogP contribution in [0.5, 0.6) is 0 Å². The highest BCUT2D eigenvalue weighted by molar-refractivity contribution is 14.1. The normalized spacial score (nSPS) is 12.2. The van der Waals surface area contributed by atoms with Gasteiger partial charge in [0, 0.05) is 3.57 Å². The fourth-order valence-corrected chi connectivity index (χ4v) is 1.96. The first-order valence-electron chi connectivity index (χ1n) is 4.10. The minimum Gasteiger partial charge on any atom is -0.468 e. The molecule has 1 unspecified atom stereocenters. The molecule has 1 rings (SSSR count). The van der Waals surface area contributed by atoms with Crippen LogP contribution >= 0.6 is 34.2 Å². The molecule has 0 radical (unpaired) electrons. The average molecular weight is 325 g/mol. The summed E-state index contributed by atoms with van der Waals surface area (Å²) in [4.78, 5) is 11.0. The maximum atomic E-state index is 11.0. The summed E-state index contributed by atoms with van der Waals surface area (Å²) in [5, 5.41) is -0.599. The maximum Gasteiger partial charge on any atom is 0.324 e. The summed E-state index contributed by atoms with van der Waals surface area (Å²) in [6, 6.07) is 7.88. The summed E-state index contributed by atoms with van der Waals surface area (Å²) in [6.07, 6.45) is 0.505. The molecule has 2 nitrogen and oxygen atoms in total. The topological polar surface area (TPSA) is 26.3 Å². The molecule has 0 bridgehead atoms. The molecule has 0 spiro atoms. The number of ether oxygens (including phenoxy) is 1. The molecule has 0 N–H and O–H groups in total. The van der Waals surface area contributed by atoms with Crippen molar-refractivity contribution in [3.05, 3.63) is 33.4 Å². The lowest BCUT2D eigenvalue weighted by atomic mass is 10.1.